The number of rotatable bonds is 8. The molecule has 0 aromatic heterocycles. The minimum Gasteiger partial charge on any atom is -0.310 e. The summed E-state index contributed by atoms with van der Waals surface area (Å²) in [5.74, 6) is 1.37. The Bertz CT molecular complexity index is 2850. The van der Waals surface area contributed by atoms with Gasteiger partial charge in [-0.25, -0.2) is 0 Å². The summed E-state index contributed by atoms with van der Waals surface area (Å²) in [7, 11) is 0. The topological polar surface area (TPSA) is 3.24 Å². The van der Waals surface area contributed by atoms with Gasteiger partial charge in [-0.2, -0.15) is 0 Å². The lowest BCUT2D eigenvalue weighted by atomic mass is 9.78. The van der Waals surface area contributed by atoms with E-state index in [-0.39, 0.29) is 5.41 Å². The molecule has 2 saturated carbocycles. The van der Waals surface area contributed by atoms with E-state index in [4.69, 9.17) is 0 Å². The largest absolute Gasteiger partial charge is 0.310 e. The van der Waals surface area contributed by atoms with E-state index in [0.717, 1.165) is 17.3 Å². The molecule has 1 nitrogen and oxygen atoms in total. The van der Waals surface area contributed by atoms with Crippen LogP contribution in [0.5, 0.6) is 0 Å². The van der Waals surface area contributed by atoms with Gasteiger partial charge in [0.2, 0.25) is 0 Å². The predicted molar refractivity (Wildman–Crippen MR) is 264 cm³/mol. The first-order chi connectivity index (χ1) is 30.5. The average molecular weight is 804 g/mol. The van der Waals surface area contributed by atoms with Crippen LogP contribution < -0.4 is 4.90 Å². The minimum atomic E-state index is -0.0988. The van der Waals surface area contributed by atoms with Crippen molar-refractivity contribution >= 4 is 27.8 Å². The molecule has 0 bridgehead atoms. The normalized spacial score (nSPS) is 16.2. The van der Waals surface area contributed by atoms with Gasteiger partial charge in [0.15, 0.2) is 0 Å². The van der Waals surface area contributed by atoms with Gasteiger partial charge >= 0.3 is 0 Å². The van der Waals surface area contributed by atoms with Gasteiger partial charge in [-0.05, 0) is 164 Å². The minimum absolute atomic E-state index is 0.0988. The summed E-state index contributed by atoms with van der Waals surface area (Å²) < 4.78 is 0. The molecule has 11 rings (SSSR count). The molecule has 0 unspecified atom stereocenters. The van der Waals surface area contributed by atoms with Crippen LogP contribution in [-0.2, 0) is 5.41 Å². The van der Waals surface area contributed by atoms with Crippen molar-refractivity contribution < 1.29 is 0 Å². The maximum absolute atomic E-state index is 2.50. The quantitative estimate of drug-likeness (QED) is 0.148. The first-order valence-electron chi connectivity index (χ1n) is 23.5. The zero-order valence-electron chi connectivity index (χ0n) is 36.4. The van der Waals surface area contributed by atoms with Gasteiger partial charge in [0.25, 0.3) is 0 Å². The van der Waals surface area contributed by atoms with Crippen LogP contribution in [0.1, 0.15) is 112 Å². The van der Waals surface area contributed by atoms with Crippen LogP contribution in [0.4, 0.5) is 17.1 Å². The van der Waals surface area contributed by atoms with Crippen LogP contribution >= 0.6 is 0 Å². The Kier molecular flexibility index (Phi) is 10.2. The number of benzene rings is 8. The molecule has 1 heteroatoms. The van der Waals surface area contributed by atoms with E-state index in [0.29, 0.717) is 5.92 Å². The SMILES string of the molecule is CC1(C)c2cc(N(c3ccc(-c4ccc(C5CCCCC5)cc4)cc3)c3ccc(-c4cc5ccccc5cc4-c4ccccc4)cc3)ccc2-c2c(C3CCCCC3)cccc21. The summed E-state index contributed by atoms with van der Waals surface area (Å²) in [6, 6.07) is 66.8. The van der Waals surface area contributed by atoms with E-state index < -0.39 is 0 Å². The van der Waals surface area contributed by atoms with Crippen molar-refractivity contribution in [3.05, 3.63) is 198 Å². The van der Waals surface area contributed by atoms with Crippen molar-refractivity contribution in [3.8, 4) is 44.5 Å². The third-order valence-corrected chi connectivity index (χ3v) is 14.9. The van der Waals surface area contributed by atoms with Crippen molar-refractivity contribution in [2.45, 2.75) is 95.3 Å². The van der Waals surface area contributed by atoms with Crippen LogP contribution in [-0.4, -0.2) is 0 Å². The van der Waals surface area contributed by atoms with Crippen LogP contribution in [0.3, 0.4) is 0 Å². The zero-order valence-corrected chi connectivity index (χ0v) is 36.4. The van der Waals surface area contributed by atoms with Gasteiger partial charge in [0.1, 0.15) is 0 Å². The lowest BCUT2D eigenvalue weighted by Crippen LogP contribution is -2.17. The highest BCUT2D eigenvalue weighted by Crippen LogP contribution is 2.54. The second-order valence-corrected chi connectivity index (χ2v) is 19.0. The number of fused-ring (bicyclic) bond motifs is 4. The first-order valence-corrected chi connectivity index (χ1v) is 23.5. The molecule has 0 radical (unpaired) electrons. The Morgan fingerprint density at radius 3 is 1.52 bits per heavy atom. The molecule has 8 aromatic rings. The Morgan fingerprint density at radius 2 is 0.903 bits per heavy atom. The third kappa shape index (κ3) is 7.06. The Morgan fingerprint density at radius 1 is 0.387 bits per heavy atom. The molecule has 8 aromatic carbocycles. The van der Waals surface area contributed by atoms with Gasteiger partial charge in [-0.15, -0.1) is 0 Å². The summed E-state index contributed by atoms with van der Waals surface area (Å²) in [5.41, 5.74) is 19.8. The van der Waals surface area contributed by atoms with Gasteiger partial charge < -0.3 is 4.90 Å². The first kappa shape index (κ1) is 38.7. The molecule has 0 heterocycles. The number of hydrogen-bond acceptors (Lipinski definition) is 1. The fourth-order valence-corrected chi connectivity index (χ4v) is 11.5. The van der Waals surface area contributed by atoms with Crippen LogP contribution in [0.25, 0.3) is 55.3 Å². The fraction of sp³-hybridized carbons (Fsp3) is 0.246. The highest BCUT2D eigenvalue weighted by Gasteiger charge is 2.38. The van der Waals surface area contributed by atoms with Crippen molar-refractivity contribution in [1.82, 2.24) is 0 Å². The number of hydrogen-bond donors (Lipinski definition) is 0. The maximum atomic E-state index is 2.50. The Labute approximate surface area is 369 Å². The predicted octanol–water partition coefficient (Wildman–Crippen LogP) is 17.7. The average Bonchev–Trinajstić information content (AvgIpc) is 3.57. The Balaban J connectivity index is 0.998. The third-order valence-electron chi connectivity index (χ3n) is 14.9. The van der Waals surface area contributed by atoms with Gasteiger partial charge in [0.05, 0.1) is 0 Å². The summed E-state index contributed by atoms with van der Waals surface area (Å²) in [4.78, 5) is 2.47. The summed E-state index contributed by atoms with van der Waals surface area (Å²) in [5, 5.41) is 2.51. The van der Waals surface area contributed by atoms with Crippen molar-refractivity contribution in [1.29, 1.82) is 0 Å². The monoisotopic (exact) mass is 803 g/mol. The second kappa shape index (κ2) is 16.3. The van der Waals surface area contributed by atoms with E-state index in [1.807, 2.05) is 0 Å². The highest BCUT2D eigenvalue weighted by atomic mass is 15.1. The molecule has 62 heavy (non-hydrogen) atoms. The highest BCUT2D eigenvalue weighted by molar-refractivity contribution is 5.97. The van der Waals surface area contributed by atoms with Gasteiger partial charge in [-0.1, -0.05) is 180 Å². The number of nitrogens with zero attached hydrogens (tertiary/aromatic N) is 1. The molecular formula is C61H57N. The molecule has 0 atom stereocenters. The van der Waals surface area contributed by atoms with E-state index in [9.17, 15) is 0 Å². The molecule has 0 amide bonds. The van der Waals surface area contributed by atoms with Crippen molar-refractivity contribution in [2.75, 3.05) is 4.90 Å². The fourth-order valence-electron chi connectivity index (χ4n) is 11.5. The van der Waals surface area contributed by atoms with Gasteiger partial charge in [0, 0.05) is 22.5 Å². The van der Waals surface area contributed by atoms with Crippen molar-refractivity contribution in [3.63, 3.8) is 0 Å². The maximum Gasteiger partial charge on any atom is 0.0465 e. The molecule has 0 saturated heterocycles. The standard InChI is InChI=1S/C61H57N/c1-61(2)58-24-14-23-54(46-17-8-4-9-18-46)60(58)55-38-37-53(41-59(55)61)62(51-33-29-45(30-34-51)44-27-25-43(26-28-44)42-15-6-3-7-16-42)52-35-31-48(32-36-52)57-40-50-22-13-12-21-49(50)39-56(57)47-19-10-5-11-20-47/h5,10-14,19-42,46H,3-4,6-9,15-18H2,1-2H3. The molecule has 2 fully saturated rings. The summed E-state index contributed by atoms with van der Waals surface area (Å²) in [6.07, 6.45) is 13.4. The second-order valence-electron chi connectivity index (χ2n) is 19.0. The summed E-state index contributed by atoms with van der Waals surface area (Å²) >= 11 is 0. The van der Waals surface area contributed by atoms with Crippen LogP contribution in [0.2, 0.25) is 0 Å². The molecule has 3 aliphatic rings. The zero-order chi connectivity index (χ0) is 41.6. The smallest absolute Gasteiger partial charge is 0.0465 e. The van der Waals surface area contributed by atoms with E-state index in [2.05, 4.69) is 195 Å². The van der Waals surface area contributed by atoms with Crippen LogP contribution in [0.15, 0.2) is 176 Å². The Hall–Kier alpha value is -6.18. The van der Waals surface area contributed by atoms with E-state index >= 15 is 0 Å². The van der Waals surface area contributed by atoms with Crippen LogP contribution in [0, 0.1) is 0 Å². The van der Waals surface area contributed by atoms with Crippen molar-refractivity contribution in [2.24, 2.45) is 0 Å². The number of anilines is 3. The molecular weight excluding hydrogens is 747 g/mol. The lowest BCUT2D eigenvalue weighted by molar-refractivity contribution is 0.443. The summed E-state index contributed by atoms with van der Waals surface area (Å²) in [6.45, 7) is 4.88. The molecule has 306 valence electrons. The molecule has 0 aliphatic heterocycles. The molecule has 0 spiro atoms. The van der Waals surface area contributed by atoms with E-state index in [1.165, 1.54) is 142 Å². The van der Waals surface area contributed by atoms with E-state index in [1.54, 1.807) is 5.56 Å². The lowest BCUT2D eigenvalue weighted by Gasteiger charge is -2.28. The molecule has 0 N–H and O–H groups in total. The molecule has 3 aliphatic carbocycles. The van der Waals surface area contributed by atoms with Gasteiger partial charge in [-0.3, -0.25) is 0 Å².